The van der Waals surface area contributed by atoms with E-state index in [2.05, 4.69) is 0 Å². The van der Waals surface area contributed by atoms with E-state index in [1.54, 1.807) is 0 Å². The van der Waals surface area contributed by atoms with Gasteiger partial charge in [-0.3, -0.25) is 4.79 Å². The molecule has 2 atom stereocenters. The maximum absolute atomic E-state index is 12.6. The lowest BCUT2D eigenvalue weighted by Gasteiger charge is -2.30. The largest absolute Gasteiger partial charge is 0.491 e. The van der Waals surface area contributed by atoms with E-state index < -0.39 is 0 Å². The predicted molar refractivity (Wildman–Crippen MR) is 80.2 cm³/mol. The zero-order chi connectivity index (χ0) is 14.5. The van der Waals surface area contributed by atoms with Crippen molar-refractivity contribution < 1.29 is 14.3 Å². The Bertz CT molecular complexity index is 456. The summed E-state index contributed by atoms with van der Waals surface area (Å²) >= 11 is 0. The highest BCUT2D eigenvalue weighted by Crippen LogP contribution is 2.24. The van der Waals surface area contributed by atoms with Crippen LogP contribution >= 0.6 is 0 Å². The minimum atomic E-state index is 0.0519. The number of benzene rings is 1. The first-order valence-electron chi connectivity index (χ1n) is 7.90. The van der Waals surface area contributed by atoms with Crippen LogP contribution in [0.2, 0.25) is 0 Å². The van der Waals surface area contributed by atoms with Gasteiger partial charge < -0.3 is 14.4 Å². The van der Waals surface area contributed by atoms with Crippen molar-refractivity contribution in [2.45, 2.75) is 31.7 Å². The number of ether oxygens (including phenoxy) is 2. The van der Waals surface area contributed by atoms with Crippen molar-refractivity contribution in [2.24, 2.45) is 5.92 Å². The third kappa shape index (κ3) is 3.56. The number of nitrogens with zero attached hydrogens (tertiary/aromatic N) is 1. The monoisotopic (exact) mass is 289 g/mol. The summed E-state index contributed by atoms with van der Waals surface area (Å²) in [5.74, 6) is 1.18. The number of amides is 1. The Morgan fingerprint density at radius 3 is 2.86 bits per heavy atom. The van der Waals surface area contributed by atoms with Gasteiger partial charge in [0.2, 0.25) is 5.91 Å². The summed E-state index contributed by atoms with van der Waals surface area (Å²) in [6, 6.07) is 10.0. The number of likely N-dealkylation sites (tertiary alicyclic amines) is 1. The molecule has 1 aromatic rings. The van der Waals surface area contributed by atoms with Crippen LogP contribution in [0, 0.1) is 5.92 Å². The van der Waals surface area contributed by atoms with Gasteiger partial charge in [-0.05, 0) is 37.8 Å². The van der Waals surface area contributed by atoms with Crippen LogP contribution in [0.1, 0.15) is 25.7 Å². The van der Waals surface area contributed by atoms with Gasteiger partial charge in [-0.25, -0.2) is 0 Å². The number of hydrogen-bond acceptors (Lipinski definition) is 3. The molecule has 0 spiro atoms. The maximum Gasteiger partial charge on any atom is 0.228 e. The topological polar surface area (TPSA) is 38.8 Å². The van der Waals surface area contributed by atoms with Crippen LogP contribution in [-0.4, -0.2) is 43.2 Å². The van der Waals surface area contributed by atoms with Gasteiger partial charge in [0.25, 0.3) is 0 Å². The zero-order valence-corrected chi connectivity index (χ0v) is 12.4. The fraction of sp³-hybridized carbons (Fsp3) is 0.588. The van der Waals surface area contributed by atoms with Crippen LogP contribution in [0.3, 0.4) is 0 Å². The molecule has 0 unspecified atom stereocenters. The summed E-state index contributed by atoms with van der Waals surface area (Å²) in [5, 5.41) is 0. The average Bonchev–Trinajstić information content (AvgIpc) is 3.02. The minimum absolute atomic E-state index is 0.0519. The summed E-state index contributed by atoms with van der Waals surface area (Å²) in [4.78, 5) is 14.6. The number of carbonyl (C=O) groups is 1. The molecule has 1 aromatic carbocycles. The van der Waals surface area contributed by atoms with Crippen LogP contribution in [0.15, 0.2) is 30.3 Å². The molecule has 1 amide bonds. The molecule has 114 valence electrons. The van der Waals surface area contributed by atoms with Crippen LogP contribution < -0.4 is 4.74 Å². The molecule has 0 bridgehead atoms. The van der Waals surface area contributed by atoms with Crippen LogP contribution in [0.4, 0.5) is 0 Å². The molecular formula is C17H23NO3. The Hall–Kier alpha value is -1.55. The second-order valence-corrected chi connectivity index (χ2v) is 5.87. The van der Waals surface area contributed by atoms with E-state index in [4.69, 9.17) is 9.47 Å². The van der Waals surface area contributed by atoms with Crippen molar-refractivity contribution in [3.05, 3.63) is 30.3 Å². The lowest BCUT2D eigenvalue weighted by atomic mass is 10.0. The minimum Gasteiger partial charge on any atom is -0.491 e. The van der Waals surface area contributed by atoms with Gasteiger partial charge in [-0.2, -0.15) is 0 Å². The number of hydrogen-bond donors (Lipinski definition) is 0. The molecule has 0 aromatic heterocycles. The number of carbonyl (C=O) groups excluding carboxylic acids is 1. The molecule has 2 aliphatic heterocycles. The van der Waals surface area contributed by atoms with Crippen LogP contribution in [-0.2, 0) is 9.53 Å². The normalized spacial score (nSPS) is 25.8. The van der Waals surface area contributed by atoms with Gasteiger partial charge in [0, 0.05) is 13.2 Å². The smallest absolute Gasteiger partial charge is 0.228 e. The highest BCUT2D eigenvalue weighted by Gasteiger charge is 2.34. The van der Waals surface area contributed by atoms with Crippen molar-refractivity contribution in [3.63, 3.8) is 0 Å². The van der Waals surface area contributed by atoms with E-state index in [1.807, 2.05) is 35.2 Å². The van der Waals surface area contributed by atoms with E-state index in [1.165, 1.54) is 0 Å². The molecule has 4 nitrogen and oxygen atoms in total. The first-order valence-corrected chi connectivity index (χ1v) is 7.90. The molecule has 2 aliphatic rings. The summed E-state index contributed by atoms with van der Waals surface area (Å²) in [6.45, 7) is 2.83. The maximum atomic E-state index is 12.6. The lowest BCUT2D eigenvalue weighted by molar-refractivity contribution is -0.141. The van der Waals surface area contributed by atoms with Gasteiger partial charge in [0.05, 0.1) is 18.6 Å². The van der Waals surface area contributed by atoms with E-state index in [-0.39, 0.29) is 17.9 Å². The molecule has 3 rings (SSSR count). The molecular weight excluding hydrogens is 266 g/mol. The van der Waals surface area contributed by atoms with E-state index >= 15 is 0 Å². The molecule has 0 aliphatic carbocycles. The molecule has 2 heterocycles. The van der Waals surface area contributed by atoms with E-state index in [9.17, 15) is 4.79 Å². The molecule has 0 radical (unpaired) electrons. The first kappa shape index (κ1) is 14.4. The Balaban J connectivity index is 1.56. The molecule has 4 heteroatoms. The van der Waals surface area contributed by atoms with Crippen molar-refractivity contribution in [2.75, 3.05) is 26.4 Å². The Morgan fingerprint density at radius 2 is 2.10 bits per heavy atom. The predicted octanol–water partition coefficient (Wildman–Crippen LogP) is 2.48. The number of para-hydroxylation sites is 1. The zero-order valence-electron chi connectivity index (χ0n) is 12.4. The summed E-state index contributed by atoms with van der Waals surface area (Å²) < 4.78 is 11.3. The third-order valence-corrected chi connectivity index (χ3v) is 4.36. The quantitative estimate of drug-likeness (QED) is 0.855. The molecule has 0 saturated carbocycles. The van der Waals surface area contributed by atoms with Crippen LogP contribution in [0.5, 0.6) is 5.75 Å². The summed E-state index contributed by atoms with van der Waals surface area (Å²) in [7, 11) is 0. The Kier molecular flexibility index (Phi) is 4.76. The molecule has 2 fully saturated rings. The van der Waals surface area contributed by atoms with Gasteiger partial charge in [-0.1, -0.05) is 18.2 Å². The van der Waals surface area contributed by atoms with Gasteiger partial charge >= 0.3 is 0 Å². The van der Waals surface area contributed by atoms with Gasteiger partial charge in [-0.15, -0.1) is 0 Å². The second-order valence-electron chi connectivity index (χ2n) is 5.87. The Labute approximate surface area is 126 Å². The standard InChI is InChI=1S/C17H23NO3/c19-17(14-6-5-11-20-12-14)18-10-4-7-15(18)13-21-16-8-2-1-3-9-16/h1-3,8-9,14-15H,4-7,10-13H2/t14-,15-/m0/s1. The fourth-order valence-electron chi connectivity index (χ4n) is 3.18. The molecule has 0 N–H and O–H groups in total. The summed E-state index contributed by atoms with van der Waals surface area (Å²) in [6.07, 6.45) is 4.06. The molecule has 21 heavy (non-hydrogen) atoms. The Morgan fingerprint density at radius 1 is 1.24 bits per heavy atom. The molecule has 2 saturated heterocycles. The van der Waals surface area contributed by atoms with E-state index in [0.717, 1.165) is 44.6 Å². The lowest BCUT2D eigenvalue weighted by Crippen LogP contribution is -2.44. The van der Waals surface area contributed by atoms with Crippen molar-refractivity contribution >= 4 is 5.91 Å². The van der Waals surface area contributed by atoms with Crippen LogP contribution in [0.25, 0.3) is 0 Å². The highest BCUT2D eigenvalue weighted by molar-refractivity contribution is 5.79. The highest BCUT2D eigenvalue weighted by atomic mass is 16.5. The van der Waals surface area contributed by atoms with Crippen molar-refractivity contribution in [1.82, 2.24) is 4.90 Å². The third-order valence-electron chi connectivity index (χ3n) is 4.36. The SMILES string of the molecule is O=C([C@H]1CCCOC1)N1CCC[C@H]1COc1ccccc1. The number of rotatable bonds is 4. The van der Waals surface area contributed by atoms with E-state index in [0.29, 0.717) is 13.2 Å². The van der Waals surface area contributed by atoms with Gasteiger partial charge in [0.15, 0.2) is 0 Å². The second kappa shape index (κ2) is 6.94. The van der Waals surface area contributed by atoms with Gasteiger partial charge in [0.1, 0.15) is 12.4 Å². The van der Waals surface area contributed by atoms with Crippen molar-refractivity contribution in [1.29, 1.82) is 0 Å². The summed E-state index contributed by atoms with van der Waals surface area (Å²) in [5.41, 5.74) is 0. The van der Waals surface area contributed by atoms with Crippen molar-refractivity contribution in [3.8, 4) is 5.75 Å². The first-order chi connectivity index (χ1) is 10.3. The fourth-order valence-corrected chi connectivity index (χ4v) is 3.18. The average molecular weight is 289 g/mol.